The van der Waals surface area contributed by atoms with Crippen molar-refractivity contribution in [3.63, 3.8) is 0 Å². The van der Waals surface area contributed by atoms with Crippen molar-refractivity contribution in [3.05, 3.63) is 34.9 Å². The number of hydrogen-bond donors (Lipinski definition) is 1. The van der Waals surface area contributed by atoms with Gasteiger partial charge in [-0.05, 0) is 31.2 Å². The summed E-state index contributed by atoms with van der Waals surface area (Å²) in [6.45, 7) is 5.03. The third-order valence-corrected chi connectivity index (χ3v) is 3.63. The van der Waals surface area contributed by atoms with Gasteiger partial charge in [0.2, 0.25) is 0 Å². The summed E-state index contributed by atoms with van der Waals surface area (Å²) in [5.74, 6) is 0.0668. The number of carbonyl (C=O) groups excluding carboxylic acids is 1. The lowest BCUT2D eigenvalue weighted by Crippen LogP contribution is -2.36. The molecule has 5 heteroatoms. The van der Waals surface area contributed by atoms with Crippen molar-refractivity contribution >= 4 is 17.5 Å². The van der Waals surface area contributed by atoms with Gasteiger partial charge in [-0.25, -0.2) is 0 Å². The van der Waals surface area contributed by atoms with Crippen LogP contribution in [0.15, 0.2) is 24.3 Å². The van der Waals surface area contributed by atoms with Gasteiger partial charge < -0.3 is 15.5 Å². The van der Waals surface area contributed by atoms with Crippen LogP contribution in [0.5, 0.6) is 0 Å². The maximum absolute atomic E-state index is 12.4. The standard InChI is InChI=1S/C14H20ClN3O/c15-13-4-1-3-12(11-13)14(19)18-7-2-6-17(8-5-16)9-10-18/h1,3-4,11H,2,5-10,16H2. The zero-order valence-electron chi connectivity index (χ0n) is 11.0. The van der Waals surface area contributed by atoms with Gasteiger partial charge in [-0.15, -0.1) is 0 Å². The third-order valence-electron chi connectivity index (χ3n) is 3.39. The fourth-order valence-corrected chi connectivity index (χ4v) is 2.57. The van der Waals surface area contributed by atoms with Crippen LogP contribution in [0.1, 0.15) is 16.8 Å². The van der Waals surface area contributed by atoms with E-state index >= 15 is 0 Å². The second-order valence-corrected chi connectivity index (χ2v) is 5.22. The minimum Gasteiger partial charge on any atom is -0.337 e. The normalized spacial score (nSPS) is 17.3. The molecule has 0 aromatic heterocycles. The minimum absolute atomic E-state index is 0.0668. The first-order valence-corrected chi connectivity index (χ1v) is 7.06. The molecule has 1 aliphatic heterocycles. The highest BCUT2D eigenvalue weighted by Crippen LogP contribution is 2.14. The lowest BCUT2D eigenvalue weighted by Gasteiger charge is -2.21. The van der Waals surface area contributed by atoms with Crippen molar-refractivity contribution in [3.8, 4) is 0 Å². The van der Waals surface area contributed by atoms with Crippen LogP contribution >= 0.6 is 11.6 Å². The second-order valence-electron chi connectivity index (χ2n) is 4.79. The average molecular weight is 282 g/mol. The molecule has 0 atom stereocenters. The van der Waals surface area contributed by atoms with Gasteiger partial charge in [-0.1, -0.05) is 17.7 Å². The topological polar surface area (TPSA) is 49.6 Å². The van der Waals surface area contributed by atoms with Crippen LogP contribution in [-0.4, -0.2) is 55.0 Å². The van der Waals surface area contributed by atoms with Gasteiger partial charge in [0, 0.05) is 43.3 Å². The highest BCUT2D eigenvalue weighted by molar-refractivity contribution is 6.30. The van der Waals surface area contributed by atoms with Crippen molar-refractivity contribution < 1.29 is 4.79 Å². The van der Waals surface area contributed by atoms with Gasteiger partial charge in [0.25, 0.3) is 5.91 Å². The monoisotopic (exact) mass is 281 g/mol. The van der Waals surface area contributed by atoms with E-state index in [0.29, 0.717) is 17.1 Å². The van der Waals surface area contributed by atoms with Crippen molar-refractivity contribution in [2.45, 2.75) is 6.42 Å². The Morgan fingerprint density at radius 3 is 2.84 bits per heavy atom. The summed E-state index contributed by atoms with van der Waals surface area (Å²) in [4.78, 5) is 16.6. The van der Waals surface area contributed by atoms with E-state index in [4.69, 9.17) is 17.3 Å². The Kier molecular flexibility index (Phi) is 5.19. The molecule has 0 unspecified atom stereocenters. The number of nitrogens with zero attached hydrogens (tertiary/aromatic N) is 2. The van der Waals surface area contributed by atoms with Crippen molar-refractivity contribution in [2.75, 3.05) is 39.3 Å². The predicted octanol–water partition coefficient (Wildman–Crippen LogP) is 1.45. The molecule has 1 heterocycles. The van der Waals surface area contributed by atoms with Crippen LogP contribution in [0.3, 0.4) is 0 Å². The molecular weight excluding hydrogens is 262 g/mol. The molecular formula is C14H20ClN3O. The Balaban J connectivity index is 2.00. The van der Waals surface area contributed by atoms with Crippen LogP contribution in [0.4, 0.5) is 0 Å². The minimum atomic E-state index is 0.0668. The molecule has 19 heavy (non-hydrogen) atoms. The van der Waals surface area contributed by atoms with E-state index in [1.54, 1.807) is 12.1 Å². The Hall–Kier alpha value is -1.10. The van der Waals surface area contributed by atoms with E-state index in [9.17, 15) is 4.79 Å². The summed E-state index contributed by atoms with van der Waals surface area (Å²) in [5.41, 5.74) is 6.24. The van der Waals surface area contributed by atoms with Gasteiger partial charge in [0.1, 0.15) is 0 Å². The largest absolute Gasteiger partial charge is 0.337 e. The summed E-state index contributed by atoms with van der Waals surface area (Å²) in [6, 6.07) is 7.14. The molecule has 4 nitrogen and oxygen atoms in total. The maximum Gasteiger partial charge on any atom is 0.253 e. The van der Waals surface area contributed by atoms with Gasteiger partial charge in [-0.3, -0.25) is 4.79 Å². The maximum atomic E-state index is 12.4. The van der Waals surface area contributed by atoms with E-state index in [2.05, 4.69) is 4.90 Å². The van der Waals surface area contributed by atoms with E-state index in [-0.39, 0.29) is 5.91 Å². The highest BCUT2D eigenvalue weighted by atomic mass is 35.5. The zero-order chi connectivity index (χ0) is 13.7. The van der Waals surface area contributed by atoms with Crippen LogP contribution in [-0.2, 0) is 0 Å². The molecule has 0 spiro atoms. The number of halogens is 1. The van der Waals surface area contributed by atoms with Crippen LogP contribution in [0.25, 0.3) is 0 Å². The van der Waals surface area contributed by atoms with Gasteiger partial charge >= 0.3 is 0 Å². The first-order valence-electron chi connectivity index (χ1n) is 6.68. The molecule has 0 radical (unpaired) electrons. The van der Waals surface area contributed by atoms with Crippen molar-refractivity contribution in [2.24, 2.45) is 5.73 Å². The fraction of sp³-hybridized carbons (Fsp3) is 0.500. The molecule has 1 fully saturated rings. The van der Waals surface area contributed by atoms with Gasteiger partial charge in [-0.2, -0.15) is 0 Å². The number of hydrogen-bond acceptors (Lipinski definition) is 3. The molecule has 1 amide bonds. The highest BCUT2D eigenvalue weighted by Gasteiger charge is 2.19. The average Bonchev–Trinajstić information content (AvgIpc) is 2.64. The molecule has 1 aliphatic rings. The van der Waals surface area contributed by atoms with Crippen molar-refractivity contribution in [1.82, 2.24) is 9.80 Å². The fourth-order valence-electron chi connectivity index (χ4n) is 2.38. The lowest BCUT2D eigenvalue weighted by molar-refractivity contribution is 0.0761. The summed E-state index contributed by atoms with van der Waals surface area (Å²) in [5, 5.41) is 0.602. The number of amides is 1. The molecule has 1 aromatic carbocycles. The van der Waals surface area contributed by atoms with E-state index in [1.807, 2.05) is 17.0 Å². The van der Waals surface area contributed by atoms with Crippen LogP contribution in [0, 0.1) is 0 Å². The molecule has 0 bridgehead atoms. The summed E-state index contributed by atoms with van der Waals surface area (Å²) in [7, 11) is 0. The first-order chi connectivity index (χ1) is 9.20. The van der Waals surface area contributed by atoms with E-state index in [0.717, 1.165) is 39.1 Å². The van der Waals surface area contributed by atoms with Crippen molar-refractivity contribution in [1.29, 1.82) is 0 Å². The van der Waals surface area contributed by atoms with E-state index < -0.39 is 0 Å². The second kappa shape index (κ2) is 6.89. The van der Waals surface area contributed by atoms with Gasteiger partial charge in [0.05, 0.1) is 0 Å². The zero-order valence-corrected chi connectivity index (χ0v) is 11.8. The first kappa shape index (κ1) is 14.3. The summed E-state index contributed by atoms with van der Waals surface area (Å²) < 4.78 is 0. The Bertz CT molecular complexity index is 438. The summed E-state index contributed by atoms with van der Waals surface area (Å²) in [6.07, 6.45) is 0.992. The Labute approximate surface area is 119 Å². The van der Waals surface area contributed by atoms with Crippen LogP contribution < -0.4 is 5.73 Å². The molecule has 2 N–H and O–H groups in total. The lowest BCUT2D eigenvalue weighted by atomic mass is 10.2. The summed E-state index contributed by atoms with van der Waals surface area (Å²) >= 11 is 5.93. The molecule has 1 saturated heterocycles. The van der Waals surface area contributed by atoms with Gasteiger partial charge in [0.15, 0.2) is 0 Å². The third kappa shape index (κ3) is 3.93. The number of rotatable bonds is 3. The van der Waals surface area contributed by atoms with Crippen LogP contribution in [0.2, 0.25) is 5.02 Å². The quantitative estimate of drug-likeness (QED) is 0.912. The smallest absolute Gasteiger partial charge is 0.253 e. The molecule has 1 aromatic rings. The van der Waals surface area contributed by atoms with E-state index in [1.165, 1.54) is 0 Å². The Morgan fingerprint density at radius 1 is 1.26 bits per heavy atom. The molecule has 2 rings (SSSR count). The molecule has 104 valence electrons. The number of benzene rings is 1. The molecule has 0 aliphatic carbocycles. The Morgan fingerprint density at radius 2 is 2.11 bits per heavy atom. The number of nitrogens with two attached hydrogens (primary N) is 1. The molecule has 0 saturated carbocycles. The SMILES string of the molecule is NCCN1CCCN(C(=O)c2cccc(Cl)c2)CC1. The number of carbonyl (C=O) groups is 1. The predicted molar refractivity (Wildman–Crippen MR) is 77.5 cm³/mol.